The lowest BCUT2D eigenvalue weighted by atomic mass is 10.4. The van der Waals surface area contributed by atoms with E-state index in [9.17, 15) is 13.2 Å². The van der Waals surface area contributed by atoms with Gasteiger partial charge in [-0.3, -0.25) is 4.79 Å². The summed E-state index contributed by atoms with van der Waals surface area (Å²) in [5, 5.41) is 3.73. The number of carbonyl (C=O) groups is 1. The molecule has 1 fully saturated rings. The monoisotopic (exact) mass is 373 g/mol. The van der Waals surface area contributed by atoms with Crippen LogP contribution >= 0.6 is 11.8 Å². The van der Waals surface area contributed by atoms with Crippen LogP contribution in [-0.2, 0) is 14.8 Å². The Bertz CT molecular complexity index is 680. The Hall–Kier alpha value is -1.32. The molecular formula is C15H23N3O4S2. The van der Waals surface area contributed by atoms with Crippen molar-refractivity contribution < 1.29 is 17.7 Å². The molecule has 1 aromatic rings. The maximum absolute atomic E-state index is 12.8. The van der Waals surface area contributed by atoms with Gasteiger partial charge in [0, 0.05) is 31.9 Å². The van der Waals surface area contributed by atoms with Crippen molar-refractivity contribution in [2.45, 2.75) is 25.2 Å². The first kappa shape index (κ1) is 19.0. The lowest BCUT2D eigenvalue weighted by Crippen LogP contribution is -2.38. The first-order valence-electron chi connectivity index (χ1n) is 7.77. The van der Waals surface area contributed by atoms with Crippen LogP contribution in [-0.4, -0.2) is 66.4 Å². The molecule has 0 N–H and O–H groups in total. The summed E-state index contributed by atoms with van der Waals surface area (Å²) in [4.78, 5) is 14.1. The summed E-state index contributed by atoms with van der Waals surface area (Å²) in [5.41, 5.74) is 0.366. The van der Waals surface area contributed by atoms with Crippen molar-refractivity contribution >= 4 is 27.7 Å². The standard InChI is InChI=1S/C15H23N3O4S2/c1-4-10-23-11-14(19)17-6-5-7-18(9-8-17)24(20,21)15-12(2)16-22-13(15)3/h4H,1,5-11H2,2-3H3. The molecule has 2 heterocycles. The third-order valence-corrected chi connectivity index (χ3v) is 6.90. The Morgan fingerprint density at radius 2 is 2.08 bits per heavy atom. The van der Waals surface area contributed by atoms with Crippen LogP contribution in [0.25, 0.3) is 0 Å². The van der Waals surface area contributed by atoms with Crippen LogP contribution in [0.3, 0.4) is 0 Å². The number of aromatic nitrogens is 1. The quantitative estimate of drug-likeness (QED) is 0.554. The number of hydrogen-bond donors (Lipinski definition) is 0. The zero-order valence-electron chi connectivity index (χ0n) is 14.0. The summed E-state index contributed by atoms with van der Waals surface area (Å²) in [6.45, 7) is 8.48. The van der Waals surface area contributed by atoms with E-state index in [1.54, 1.807) is 24.8 Å². The minimum absolute atomic E-state index is 0.0402. The molecule has 0 bridgehead atoms. The molecule has 1 amide bonds. The van der Waals surface area contributed by atoms with Gasteiger partial charge in [-0.2, -0.15) is 4.31 Å². The molecule has 134 valence electrons. The highest BCUT2D eigenvalue weighted by Gasteiger charge is 2.32. The van der Waals surface area contributed by atoms with Crippen LogP contribution < -0.4 is 0 Å². The Kier molecular flexibility index (Phi) is 6.47. The van der Waals surface area contributed by atoms with Crippen LogP contribution in [0.1, 0.15) is 17.9 Å². The van der Waals surface area contributed by atoms with E-state index in [2.05, 4.69) is 11.7 Å². The van der Waals surface area contributed by atoms with Gasteiger partial charge >= 0.3 is 0 Å². The molecule has 9 heteroatoms. The highest BCUT2D eigenvalue weighted by molar-refractivity contribution is 8.00. The lowest BCUT2D eigenvalue weighted by molar-refractivity contribution is -0.128. The Morgan fingerprint density at radius 3 is 2.71 bits per heavy atom. The molecular weight excluding hydrogens is 350 g/mol. The highest BCUT2D eigenvalue weighted by Crippen LogP contribution is 2.24. The fourth-order valence-corrected chi connectivity index (χ4v) is 5.08. The van der Waals surface area contributed by atoms with Crippen molar-refractivity contribution in [3.63, 3.8) is 0 Å². The van der Waals surface area contributed by atoms with Gasteiger partial charge in [-0.1, -0.05) is 11.2 Å². The summed E-state index contributed by atoms with van der Waals surface area (Å²) in [6.07, 6.45) is 2.37. The van der Waals surface area contributed by atoms with E-state index >= 15 is 0 Å². The van der Waals surface area contributed by atoms with E-state index in [0.29, 0.717) is 43.3 Å². The Balaban J connectivity index is 2.05. The van der Waals surface area contributed by atoms with E-state index in [4.69, 9.17) is 4.52 Å². The van der Waals surface area contributed by atoms with Crippen LogP contribution in [0.15, 0.2) is 22.1 Å². The van der Waals surface area contributed by atoms with E-state index in [1.165, 1.54) is 16.1 Å². The molecule has 1 saturated heterocycles. The molecule has 0 saturated carbocycles. The second-order valence-electron chi connectivity index (χ2n) is 5.60. The lowest BCUT2D eigenvalue weighted by Gasteiger charge is -2.21. The SMILES string of the molecule is C=CCSCC(=O)N1CCCN(S(=O)(=O)c2c(C)noc2C)CC1. The number of amides is 1. The topological polar surface area (TPSA) is 83.7 Å². The molecule has 1 aromatic heterocycles. The number of nitrogens with zero attached hydrogens (tertiary/aromatic N) is 3. The van der Waals surface area contributed by atoms with Gasteiger partial charge in [0.05, 0.1) is 5.75 Å². The van der Waals surface area contributed by atoms with E-state index < -0.39 is 10.0 Å². The molecule has 1 aliphatic heterocycles. The molecule has 0 atom stereocenters. The molecule has 1 aliphatic rings. The van der Waals surface area contributed by atoms with Crippen LogP contribution in [0.2, 0.25) is 0 Å². The summed E-state index contributed by atoms with van der Waals surface area (Å²) < 4.78 is 32.1. The van der Waals surface area contributed by atoms with E-state index in [1.807, 2.05) is 0 Å². The summed E-state index contributed by atoms with van der Waals surface area (Å²) in [7, 11) is -3.65. The molecule has 2 rings (SSSR count). The third kappa shape index (κ3) is 4.20. The fraction of sp³-hybridized carbons (Fsp3) is 0.600. The number of hydrogen-bond acceptors (Lipinski definition) is 6. The maximum atomic E-state index is 12.8. The van der Waals surface area contributed by atoms with Crippen LogP contribution in [0.5, 0.6) is 0 Å². The normalized spacial score (nSPS) is 16.8. The van der Waals surface area contributed by atoms with Crippen molar-refractivity contribution in [1.82, 2.24) is 14.4 Å². The zero-order valence-corrected chi connectivity index (χ0v) is 15.7. The van der Waals surface area contributed by atoms with Gasteiger partial charge in [0.15, 0.2) is 5.76 Å². The minimum atomic E-state index is -3.65. The predicted octanol–water partition coefficient (Wildman–Crippen LogP) is 1.43. The fourth-order valence-electron chi connectivity index (χ4n) is 2.68. The average Bonchev–Trinajstić information content (AvgIpc) is 2.76. The average molecular weight is 374 g/mol. The largest absolute Gasteiger partial charge is 0.360 e. The third-order valence-electron chi connectivity index (χ3n) is 3.83. The molecule has 0 unspecified atom stereocenters. The first-order valence-corrected chi connectivity index (χ1v) is 10.4. The molecule has 24 heavy (non-hydrogen) atoms. The van der Waals surface area contributed by atoms with Crippen molar-refractivity contribution in [1.29, 1.82) is 0 Å². The molecule has 0 radical (unpaired) electrons. The summed E-state index contributed by atoms with van der Waals surface area (Å²) in [5.74, 6) is 1.46. The van der Waals surface area contributed by atoms with Crippen molar-refractivity contribution in [2.75, 3.05) is 37.7 Å². The van der Waals surface area contributed by atoms with Gasteiger partial charge in [0.25, 0.3) is 0 Å². The van der Waals surface area contributed by atoms with Crippen LogP contribution in [0, 0.1) is 13.8 Å². The first-order chi connectivity index (χ1) is 11.4. The van der Waals surface area contributed by atoms with Crippen molar-refractivity contribution in [2.24, 2.45) is 0 Å². The van der Waals surface area contributed by atoms with Gasteiger partial charge < -0.3 is 9.42 Å². The smallest absolute Gasteiger partial charge is 0.248 e. The summed E-state index contributed by atoms with van der Waals surface area (Å²) >= 11 is 1.51. The highest BCUT2D eigenvalue weighted by atomic mass is 32.2. The molecule has 0 spiro atoms. The number of sulfonamides is 1. The van der Waals surface area contributed by atoms with Crippen molar-refractivity contribution in [3.8, 4) is 0 Å². The van der Waals surface area contributed by atoms with Crippen molar-refractivity contribution in [3.05, 3.63) is 24.1 Å². The van der Waals surface area contributed by atoms with Gasteiger partial charge in [0.1, 0.15) is 10.6 Å². The molecule has 0 aliphatic carbocycles. The summed E-state index contributed by atoms with van der Waals surface area (Å²) in [6, 6.07) is 0. The number of thioether (sulfide) groups is 1. The van der Waals surface area contributed by atoms with E-state index in [0.717, 1.165) is 5.75 Å². The van der Waals surface area contributed by atoms with Gasteiger partial charge in [-0.05, 0) is 20.3 Å². The maximum Gasteiger partial charge on any atom is 0.248 e. The Labute approximate surface area is 147 Å². The number of aryl methyl sites for hydroxylation is 2. The molecule has 7 nitrogen and oxygen atoms in total. The number of carbonyl (C=O) groups excluding carboxylic acids is 1. The molecule has 0 aromatic carbocycles. The second kappa shape index (κ2) is 8.17. The van der Waals surface area contributed by atoms with Gasteiger partial charge in [0.2, 0.25) is 15.9 Å². The predicted molar refractivity (Wildman–Crippen MR) is 93.5 cm³/mol. The number of rotatable bonds is 6. The zero-order chi connectivity index (χ0) is 17.7. The van der Waals surface area contributed by atoms with E-state index in [-0.39, 0.29) is 17.3 Å². The van der Waals surface area contributed by atoms with Crippen LogP contribution in [0.4, 0.5) is 0 Å². The van der Waals surface area contributed by atoms with Gasteiger partial charge in [-0.15, -0.1) is 18.3 Å². The second-order valence-corrected chi connectivity index (χ2v) is 8.50. The Morgan fingerprint density at radius 1 is 1.33 bits per heavy atom. The van der Waals surface area contributed by atoms with Gasteiger partial charge in [-0.25, -0.2) is 8.42 Å². The minimum Gasteiger partial charge on any atom is -0.360 e.